The highest BCUT2D eigenvalue weighted by Gasteiger charge is 2.29. The molecule has 0 aliphatic carbocycles. The first kappa shape index (κ1) is 24.7. The van der Waals surface area contributed by atoms with E-state index in [1.165, 1.54) is 17.2 Å². The second-order valence-corrected chi connectivity index (χ2v) is 9.84. The number of benzene rings is 2. The van der Waals surface area contributed by atoms with Gasteiger partial charge in [-0.1, -0.05) is 6.07 Å². The van der Waals surface area contributed by atoms with Gasteiger partial charge in [0.05, 0.1) is 23.9 Å². The van der Waals surface area contributed by atoms with Crippen LogP contribution in [0.3, 0.4) is 0 Å². The van der Waals surface area contributed by atoms with Gasteiger partial charge in [0, 0.05) is 39.3 Å². The minimum Gasteiger partial charge on any atom is -0.507 e. The van der Waals surface area contributed by atoms with Crippen LogP contribution in [0.2, 0.25) is 0 Å². The maximum Gasteiger partial charge on any atom is 0.258 e. The zero-order valence-corrected chi connectivity index (χ0v) is 21.0. The van der Waals surface area contributed by atoms with Gasteiger partial charge in [-0.15, -0.1) is 0 Å². The van der Waals surface area contributed by atoms with Crippen molar-refractivity contribution in [2.24, 2.45) is 0 Å². The molecule has 2 N–H and O–H groups in total. The van der Waals surface area contributed by atoms with Crippen LogP contribution in [0.4, 0.5) is 0 Å². The lowest BCUT2D eigenvalue weighted by Gasteiger charge is -2.29. The Morgan fingerprint density at radius 2 is 1.76 bits per heavy atom. The Hall–Kier alpha value is -3.98. The molecule has 2 aromatic carbocycles. The monoisotopic (exact) mass is 505 g/mol. The molecule has 0 atom stereocenters. The molecule has 0 saturated carbocycles. The van der Waals surface area contributed by atoms with E-state index >= 15 is 0 Å². The fraction of sp³-hybridized carbons (Fsp3) is 0.357. The molecule has 1 saturated heterocycles. The summed E-state index contributed by atoms with van der Waals surface area (Å²) < 4.78 is 11.5. The Morgan fingerprint density at radius 1 is 1.03 bits per heavy atom. The van der Waals surface area contributed by atoms with Gasteiger partial charge in [-0.3, -0.25) is 9.59 Å². The van der Waals surface area contributed by atoms with E-state index in [9.17, 15) is 19.8 Å². The van der Waals surface area contributed by atoms with E-state index < -0.39 is 17.6 Å². The molecule has 0 unspecified atom stereocenters. The van der Waals surface area contributed by atoms with Gasteiger partial charge >= 0.3 is 0 Å². The van der Waals surface area contributed by atoms with Crippen molar-refractivity contribution in [3.05, 3.63) is 76.7 Å². The van der Waals surface area contributed by atoms with Crippen molar-refractivity contribution in [2.45, 2.75) is 38.6 Å². The number of aromatic hydroxyl groups is 2. The van der Waals surface area contributed by atoms with Crippen molar-refractivity contribution in [1.82, 2.24) is 14.7 Å². The molecule has 1 fully saturated rings. The van der Waals surface area contributed by atoms with Crippen LogP contribution in [0.1, 0.15) is 50.4 Å². The summed E-state index contributed by atoms with van der Waals surface area (Å²) in [5, 5.41) is 20.8. The number of rotatable bonds is 6. The molecule has 5 rings (SSSR count). The summed E-state index contributed by atoms with van der Waals surface area (Å²) in [6.07, 6.45) is 3.66. The second-order valence-electron chi connectivity index (χ2n) is 9.84. The number of amides is 2. The van der Waals surface area contributed by atoms with E-state index in [1.807, 2.05) is 18.2 Å². The number of furan rings is 1. The van der Waals surface area contributed by atoms with Crippen LogP contribution in [0.5, 0.6) is 17.2 Å². The summed E-state index contributed by atoms with van der Waals surface area (Å²) in [6.45, 7) is 2.96. The first-order chi connectivity index (χ1) is 17.8. The Labute approximate surface area is 215 Å². The standard InChI is InChI=1S/C28H31N3O6/c1-29-9-7-20(8-10-29)37-21-6-5-18-15-31(16-19(18)12-21)28(35)24-13-23(25(32)14-26(24)33)27(34)30(2)17-22-4-3-11-36-22/h3-6,11-14,20,32-33H,7-10,15-17H2,1-2H3. The van der Waals surface area contributed by atoms with Crippen LogP contribution < -0.4 is 4.74 Å². The summed E-state index contributed by atoms with van der Waals surface area (Å²) in [7, 11) is 3.68. The van der Waals surface area contributed by atoms with Crippen molar-refractivity contribution < 1.29 is 29.0 Å². The number of ether oxygens (including phenoxy) is 1. The van der Waals surface area contributed by atoms with E-state index in [2.05, 4.69) is 11.9 Å². The zero-order valence-electron chi connectivity index (χ0n) is 21.0. The molecule has 3 heterocycles. The van der Waals surface area contributed by atoms with Gasteiger partial charge in [-0.05, 0) is 61.3 Å². The van der Waals surface area contributed by atoms with E-state index in [4.69, 9.17) is 9.15 Å². The van der Waals surface area contributed by atoms with E-state index in [0.29, 0.717) is 18.8 Å². The summed E-state index contributed by atoms with van der Waals surface area (Å²) in [6, 6.07) is 11.7. The molecule has 37 heavy (non-hydrogen) atoms. The van der Waals surface area contributed by atoms with Crippen molar-refractivity contribution in [1.29, 1.82) is 0 Å². The molecule has 0 radical (unpaired) electrons. The van der Waals surface area contributed by atoms with Gasteiger partial charge in [-0.2, -0.15) is 0 Å². The molecular formula is C28H31N3O6. The van der Waals surface area contributed by atoms with Crippen LogP contribution in [0, 0.1) is 0 Å². The first-order valence-electron chi connectivity index (χ1n) is 12.4. The third-order valence-electron chi connectivity index (χ3n) is 7.05. The summed E-state index contributed by atoms with van der Waals surface area (Å²) >= 11 is 0. The van der Waals surface area contributed by atoms with E-state index in [-0.39, 0.29) is 29.5 Å². The molecule has 2 amide bonds. The van der Waals surface area contributed by atoms with Crippen LogP contribution in [-0.4, -0.2) is 70.0 Å². The summed E-state index contributed by atoms with van der Waals surface area (Å²) in [5.74, 6) is -0.319. The van der Waals surface area contributed by atoms with Crippen molar-refractivity contribution >= 4 is 11.8 Å². The number of nitrogens with zero attached hydrogens (tertiary/aromatic N) is 3. The molecule has 1 aromatic heterocycles. The topological polar surface area (TPSA) is 107 Å². The molecular weight excluding hydrogens is 474 g/mol. The minimum absolute atomic E-state index is 0.0387. The van der Waals surface area contributed by atoms with Gasteiger partial charge in [0.15, 0.2) is 0 Å². The number of carbonyl (C=O) groups is 2. The van der Waals surface area contributed by atoms with Gasteiger partial charge in [0.1, 0.15) is 29.1 Å². The van der Waals surface area contributed by atoms with Crippen molar-refractivity contribution in [3.63, 3.8) is 0 Å². The number of carbonyl (C=O) groups excluding carboxylic acids is 2. The highest BCUT2D eigenvalue weighted by atomic mass is 16.5. The summed E-state index contributed by atoms with van der Waals surface area (Å²) in [4.78, 5) is 31.7. The number of fused-ring (bicyclic) bond motifs is 1. The van der Waals surface area contributed by atoms with Crippen LogP contribution in [0.15, 0.2) is 53.1 Å². The Morgan fingerprint density at radius 3 is 2.49 bits per heavy atom. The molecule has 9 heteroatoms. The third-order valence-corrected chi connectivity index (χ3v) is 7.05. The fourth-order valence-corrected chi connectivity index (χ4v) is 4.89. The lowest BCUT2D eigenvalue weighted by atomic mass is 10.1. The average molecular weight is 506 g/mol. The first-order valence-corrected chi connectivity index (χ1v) is 12.4. The molecule has 194 valence electrons. The number of hydrogen-bond acceptors (Lipinski definition) is 7. The maximum atomic E-state index is 13.4. The molecule has 3 aromatic rings. The summed E-state index contributed by atoms with van der Waals surface area (Å²) in [5.41, 5.74) is 1.90. The minimum atomic E-state index is -0.497. The van der Waals surface area contributed by atoms with Gasteiger partial charge in [0.2, 0.25) is 0 Å². The number of piperidine rings is 1. The second kappa shape index (κ2) is 10.2. The van der Waals surface area contributed by atoms with Crippen LogP contribution in [0.25, 0.3) is 0 Å². The predicted octanol–water partition coefficient (Wildman–Crippen LogP) is 3.59. The fourth-order valence-electron chi connectivity index (χ4n) is 4.89. The highest BCUT2D eigenvalue weighted by Crippen LogP contribution is 2.33. The van der Waals surface area contributed by atoms with Crippen LogP contribution >= 0.6 is 0 Å². The molecule has 0 bridgehead atoms. The van der Waals surface area contributed by atoms with Gasteiger partial charge in [0.25, 0.3) is 11.8 Å². The highest BCUT2D eigenvalue weighted by molar-refractivity contribution is 6.03. The SMILES string of the molecule is CN1CCC(Oc2ccc3c(c2)CN(C(=O)c2cc(C(=O)N(C)Cc4ccco4)c(O)cc2O)C3)CC1. The zero-order chi connectivity index (χ0) is 26.1. The lowest BCUT2D eigenvalue weighted by molar-refractivity contribution is 0.0747. The molecule has 2 aliphatic heterocycles. The van der Waals surface area contributed by atoms with E-state index in [0.717, 1.165) is 48.9 Å². The molecule has 0 spiro atoms. The normalized spacial score (nSPS) is 16.0. The Bertz CT molecular complexity index is 1300. The largest absolute Gasteiger partial charge is 0.507 e. The number of likely N-dealkylation sites (tertiary alicyclic amines) is 1. The number of phenols is 2. The molecule has 9 nitrogen and oxygen atoms in total. The number of phenolic OH excluding ortho intramolecular Hbond substituents is 2. The van der Waals surface area contributed by atoms with Crippen molar-refractivity contribution in [2.75, 3.05) is 27.2 Å². The lowest BCUT2D eigenvalue weighted by Crippen LogP contribution is -2.35. The van der Waals surface area contributed by atoms with Gasteiger partial charge < -0.3 is 34.1 Å². The number of hydrogen-bond donors (Lipinski definition) is 2. The van der Waals surface area contributed by atoms with Crippen molar-refractivity contribution in [3.8, 4) is 17.2 Å². The quantitative estimate of drug-likeness (QED) is 0.527. The molecule has 2 aliphatic rings. The maximum absolute atomic E-state index is 13.4. The Kier molecular flexibility index (Phi) is 6.80. The Balaban J connectivity index is 1.29. The van der Waals surface area contributed by atoms with E-state index in [1.54, 1.807) is 24.1 Å². The average Bonchev–Trinajstić information content (AvgIpc) is 3.54. The van der Waals surface area contributed by atoms with Gasteiger partial charge in [-0.25, -0.2) is 0 Å². The third kappa shape index (κ3) is 5.27. The van der Waals surface area contributed by atoms with Crippen LogP contribution in [-0.2, 0) is 19.6 Å². The smallest absolute Gasteiger partial charge is 0.258 e. The predicted molar refractivity (Wildman–Crippen MR) is 135 cm³/mol.